The number of fused-ring (bicyclic) bond motifs is 1. The van der Waals surface area contributed by atoms with Gasteiger partial charge in [-0.3, -0.25) is 0 Å². The Labute approximate surface area is 342 Å². The van der Waals surface area contributed by atoms with Crippen LogP contribution in [0, 0.1) is 35.0 Å². The molecule has 3 aromatic carbocycles. The third-order valence-electron chi connectivity index (χ3n) is 14.3. The maximum Gasteiger partial charge on any atom is 0.340 e. The number of carbonyl (C=O) groups is 2. The monoisotopic (exact) mass is 779 g/mol. The zero-order valence-electron chi connectivity index (χ0n) is 34.1. The molecule has 4 aliphatic carbocycles. The highest BCUT2D eigenvalue weighted by Crippen LogP contribution is 2.72. The minimum absolute atomic E-state index is 0.0102. The predicted octanol–water partition coefficient (Wildman–Crippen LogP) is 8.74. The van der Waals surface area contributed by atoms with E-state index in [4.69, 9.17) is 9.47 Å². The number of benzene rings is 3. The molecule has 7 aliphatic rings. The smallest absolute Gasteiger partial charge is 0.340 e. The van der Waals surface area contributed by atoms with Crippen molar-refractivity contribution in [2.45, 2.75) is 83.8 Å². The van der Waals surface area contributed by atoms with E-state index >= 15 is 0 Å². The van der Waals surface area contributed by atoms with Gasteiger partial charge in [0.25, 0.3) is 0 Å². The Morgan fingerprint density at radius 3 is 2.59 bits per heavy atom. The normalized spacial score (nSPS) is 29.4. The number of phenols is 1. The summed E-state index contributed by atoms with van der Waals surface area (Å²) in [5, 5.41) is 21.3. The van der Waals surface area contributed by atoms with Crippen molar-refractivity contribution in [1.29, 1.82) is 0 Å². The Bertz CT molecular complexity index is 2220. The second-order valence-corrected chi connectivity index (χ2v) is 17.4. The van der Waals surface area contributed by atoms with Crippen LogP contribution in [0.25, 0.3) is 16.7 Å². The third-order valence-corrected chi connectivity index (χ3v) is 14.3. The fourth-order valence-electron chi connectivity index (χ4n) is 11.7. The van der Waals surface area contributed by atoms with Crippen LogP contribution >= 0.6 is 0 Å². The van der Waals surface area contributed by atoms with Crippen LogP contribution in [0.15, 0.2) is 113 Å². The molecule has 0 aromatic heterocycles. The van der Waals surface area contributed by atoms with E-state index in [0.29, 0.717) is 29.8 Å². The first kappa shape index (κ1) is 38.7. The zero-order valence-corrected chi connectivity index (χ0v) is 34.1. The van der Waals surface area contributed by atoms with Crippen molar-refractivity contribution in [1.82, 2.24) is 16.0 Å². The molecular weight excluding hydrogens is 723 g/mol. The van der Waals surface area contributed by atoms with Crippen molar-refractivity contribution in [3.63, 3.8) is 0 Å². The largest absolute Gasteiger partial charge is 0.508 e. The van der Waals surface area contributed by atoms with E-state index in [1.165, 1.54) is 5.56 Å². The molecular formula is C50H57N3O5. The molecule has 8 nitrogen and oxygen atoms in total. The lowest BCUT2D eigenvalue weighted by Gasteiger charge is -2.56. The van der Waals surface area contributed by atoms with E-state index in [1.807, 2.05) is 32.3 Å². The molecule has 58 heavy (non-hydrogen) atoms. The van der Waals surface area contributed by atoms with Crippen LogP contribution in [0.4, 0.5) is 0 Å². The van der Waals surface area contributed by atoms with Crippen LogP contribution < -0.4 is 16.0 Å². The summed E-state index contributed by atoms with van der Waals surface area (Å²) in [6.45, 7) is 3.93. The quantitative estimate of drug-likeness (QED) is 0.135. The van der Waals surface area contributed by atoms with E-state index in [9.17, 15) is 14.7 Å². The minimum Gasteiger partial charge on any atom is -0.508 e. The summed E-state index contributed by atoms with van der Waals surface area (Å²) in [6.07, 6.45) is 13.8. The van der Waals surface area contributed by atoms with Gasteiger partial charge in [0.05, 0.1) is 17.2 Å². The summed E-state index contributed by atoms with van der Waals surface area (Å²) in [5.41, 5.74) is 7.92. The molecule has 7 atom stereocenters. The highest BCUT2D eigenvalue weighted by Gasteiger charge is 2.68. The first-order chi connectivity index (χ1) is 28.3. The van der Waals surface area contributed by atoms with E-state index in [2.05, 4.69) is 83.6 Å². The number of allylic oxidation sites excluding steroid dienone is 5. The van der Waals surface area contributed by atoms with Crippen LogP contribution in [0.5, 0.6) is 5.75 Å². The van der Waals surface area contributed by atoms with Gasteiger partial charge in [-0.1, -0.05) is 61.5 Å². The van der Waals surface area contributed by atoms with Crippen molar-refractivity contribution >= 4 is 17.5 Å². The van der Waals surface area contributed by atoms with E-state index in [0.717, 1.165) is 116 Å². The summed E-state index contributed by atoms with van der Waals surface area (Å²) >= 11 is 0. The molecule has 8 heteroatoms. The Kier molecular flexibility index (Phi) is 10.8. The SMILES string of the molecule is CC[C@H](C=C1OC(=O)C2=C(c3cc(O)ccc3-c3cccc(CNC)c3)[C@@H]3CC[C@]12[C@H]1C2=C(CC[C@H]31)C(=CCC[C@H]1CCN[C@H](NC)C1)OC2=O)Cc1ccccc1. The number of ether oxygens (including phenoxy) is 2. The second-order valence-electron chi connectivity index (χ2n) is 17.4. The van der Waals surface area contributed by atoms with E-state index in [1.54, 1.807) is 6.07 Å². The molecule has 3 aromatic rings. The zero-order chi connectivity index (χ0) is 40.0. The van der Waals surface area contributed by atoms with E-state index in [-0.39, 0.29) is 41.4 Å². The van der Waals surface area contributed by atoms with Gasteiger partial charge in [-0.25, -0.2) is 9.59 Å². The van der Waals surface area contributed by atoms with Crippen LogP contribution in [0.3, 0.4) is 0 Å². The first-order valence-corrected chi connectivity index (χ1v) is 21.7. The van der Waals surface area contributed by atoms with Crippen molar-refractivity contribution in [2.75, 3.05) is 20.6 Å². The summed E-state index contributed by atoms with van der Waals surface area (Å²) in [7, 11) is 3.95. The Morgan fingerprint density at radius 2 is 1.78 bits per heavy atom. The molecule has 0 amide bonds. The van der Waals surface area contributed by atoms with Crippen molar-refractivity contribution in [2.24, 2.45) is 35.0 Å². The van der Waals surface area contributed by atoms with Crippen LogP contribution in [-0.2, 0) is 32.0 Å². The summed E-state index contributed by atoms with van der Waals surface area (Å²) in [6, 6.07) is 24.6. The molecule has 1 spiro atoms. The molecule has 3 heterocycles. The molecule has 0 unspecified atom stereocenters. The second kappa shape index (κ2) is 16.1. The first-order valence-electron chi connectivity index (χ1n) is 21.7. The van der Waals surface area contributed by atoms with Crippen LogP contribution in [0.1, 0.15) is 81.4 Å². The van der Waals surface area contributed by atoms with E-state index < -0.39 is 5.41 Å². The van der Waals surface area contributed by atoms with Crippen molar-refractivity contribution in [3.05, 3.63) is 130 Å². The summed E-state index contributed by atoms with van der Waals surface area (Å²) in [4.78, 5) is 29.2. The van der Waals surface area contributed by atoms with Crippen molar-refractivity contribution < 1.29 is 24.2 Å². The predicted molar refractivity (Wildman–Crippen MR) is 227 cm³/mol. The number of esters is 2. The number of nitrogens with one attached hydrogen (secondary N) is 3. The topological polar surface area (TPSA) is 109 Å². The van der Waals surface area contributed by atoms with Gasteiger partial charge < -0.3 is 30.5 Å². The maximum absolute atomic E-state index is 14.8. The number of hydrogen-bond donors (Lipinski definition) is 4. The van der Waals surface area contributed by atoms with Gasteiger partial charge in [0, 0.05) is 23.6 Å². The summed E-state index contributed by atoms with van der Waals surface area (Å²) in [5.74, 6) is 1.62. The van der Waals surface area contributed by atoms with Gasteiger partial charge in [0.1, 0.15) is 17.3 Å². The molecule has 1 saturated carbocycles. The molecule has 2 saturated heterocycles. The highest BCUT2D eigenvalue weighted by atomic mass is 16.5. The minimum atomic E-state index is -0.820. The molecule has 10 rings (SSSR count). The molecule has 3 fully saturated rings. The van der Waals surface area contributed by atoms with Crippen LogP contribution in [-0.4, -0.2) is 43.9 Å². The molecule has 4 N–H and O–H groups in total. The summed E-state index contributed by atoms with van der Waals surface area (Å²) < 4.78 is 12.8. The Hall–Kier alpha value is -4.76. The fourth-order valence-corrected chi connectivity index (χ4v) is 11.7. The average molecular weight is 780 g/mol. The van der Waals surface area contributed by atoms with Crippen LogP contribution in [0.2, 0.25) is 0 Å². The Balaban J connectivity index is 1.18. The highest BCUT2D eigenvalue weighted by molar-refractivity contribution is 6.07. The number of piperidine rings is 1. The molecule has 0 radical (unpaired) electrons. The number of rotatable bonds is 12. The lowest BCUT2D eigenvalue weighted by atomic mass is 9.44. The number of carbonyl (C=O) groups excluding carboxylic acids is 2. The number of phenolic OH excluding ortho intramolecular Hbond substituents is 1. The number of cyclic esters (lactones) is 2. The average Bonchev–Trinajstić information content (AvgIpc) is 3.73. The number of hydrogen-bond acceptors (Lipinski definition) is 8. The number of aromatic hydroxyl groups is 1. The van der Waals surface area contributed by atoms with Gasteiger partial charge in [-0.15, -0.1) is 0 Å². The van der Waals surface area contributed by atoms with Crippen molar-refractivity contribution in [3.8, 4) is 16.9 Å². The third kappa shape index (κ3) is 6.77. The van der Waals surface area contributed by atoms with Gasteiger partial charge in [0.2, 0.25) is 0 Å². The standard InChI is InChI=1S/C50H57N3O5/c1-4-30(24-31-10-6-5-7-11-31)26-42-50-22-20-37(38-18-19-39-41(57-48(55)45(39)46(38)50)15-9-12-32-21-23-53-43(27-32)52-3)44(47(50)49(56)58-42)40-28-35(54)16-17-36(40)34-14-8-13-33(25-34)29-51-2/h5-8,10-11,13-17,25-26,28,30,32,37-38,43,46,51-54H,4,9,12,18-24,27,29H2,1-3H3/t30-,32-,37+,38+,43-,46+,50+/m0/s1. The fraction of sp³-hybridized carbons (Fsp3) is 0.440. The van der Waals surface area contributed by atoms with Gasteiger partial charge >= 0.3 is 11.9 Å². The van der Waals surface area contributed by atoms with Gasteiger partial charge in [-0.05, 0) is 172 Å². The molecule has 2 bridgehead atoms. The molecule has 3 aliphatic heterocycles. The van der Waals surface area contributed by atoms with Gasteiger partial charge in [-0.2, -0.15) is 0 Å². The lowest BCUT2D eigenvalue weighted by Crippen LogP contribution is -2.52. The van der Waals surface area contributed by atoms with Gasteiger partial charge in [0.15, 0.2) is 0 Å². The Morgan fingerprint density at radius 1 is 0.931 bits per heavy atom. The lowest BCUT2D eigenvalue weighted by molar-refractivity contribution is -0.135. The maximum atomic E-state index is 14.8. The molecule has 302 valence electrons.